The Kier molecular flexibility index (Phi) is 5.35. The van der Waals surface area contributed by atoms with Crippen molar-refractivity contribution in [3.8, 4) is 0 Å². The van der Waals surface area contributed by atoms with Gasteiger partial charge in [-0.15, -0.1) is 0 Å². The van der Waals surface area contributed by atoms with E-state index >= 15 is 0 Å². The molecule has 144 valence electrons. The zero-order valence-electron chi connectivity index (χ0n) is 10.8. The molecule has 0 atom stereocenters. The van der Waals surface area contributed by atoms with E-state index in [1.807, 2.05) is 0 Å². The van der Waals surface area contributed by atoms with Crippen LogP contribution in [0.5, 0.6) is 0 Å². The molecule has 1 aliphatic rings. The molecule has 1 aliphatic heterocycles. The Hall–Kier alpha value is -0.960. The van der Waals surface area contributed by atoms with Gasteiger partial charge in [0.15, 0.2) is 0 Å². The van der Waals surface area contributed by atoms with Gasteiger partial charge in [0.05, 0.1) is 13.2 Å². The highest BCUT2D eigenvalue weighted by atomic mass is 19.4. The molecule has 1 fully saturated rings. The van der Waals surface area contributed by atoms with E-state index in [0.717, 1.165) is 0 Å². The van der Waals surface area contributed by atoms with E-state index in [1.165, 1.54) is 0 Å². The van der Waals surface area contributed by atoms with Crippen LogP contribution >= 0.6 is 0 Å². The van der Waals surface area contributed by atoms with E-state index in [0.29, 0.717) is 0 Å². The van der Waals surface area contributed by atoms with Gasteiger partial charge in [-0.05, 0) is 0 Å². The second-order valence-corrected chi connectivity index (χ2v) is 4.46. The maximum atomic E-state index is 12.5. The number of rotatable bonds is 2. The molecule has 1 rings (SSSR count). The van der Waals surface area contributed by atoms with Gasteiger partial charge < -0.3 is 14.2 Å². The van der Waals surface area contributed by atoms with Gasteiger partial charge in [-0.25, -0.2) is 0 Å². The quantitative estimate of drug-likeness (QED) is 0.673. The molecule has 0 unspecified atom stereocenters. The third-order valence-corrected chi connectivity index (χ3v) is 2.61. The molecule has 0 aromatic carbocycles. The summed E-state index contributed by atoms with van der Waals surface area (Å²) in [5, 5.41) is 0. The third-order valence-electron chi connectivity index (χ3n) is 2.61. The highest BCUT2D eigenvalue weighted by Crippen LogP contribution is 2.48. The monoisotopic (exact) mass is 390 g/mol. The van der Waals surface area contributed by atoms with Gasteiger partial charge in [0.2, 0.25) is 6.10 Å². The highest BCUT2D eigenvalue weighted by molar-refractivity contribution is 4.91. The molecule has 0 saturated carbocycles. The fourth-order valence-electron chi connectivity index (χ4n) is 1.61. The summed E-state index contributed by atoms with van der Waals surface area (Å²) >= 11 is 0. The van der Waals surface area contributed by atoms with E-state index in [1.54, 1.807) is 0 Å². The van der Waals surface area contributed by atoms with Gasteiger partial charge in [0.1, 0.15) is 6.10 Å². The van der Waals surface area contributed by atoms with E-state index in [9.17, 15) is 52.7 Å². The summed E-state index contributed by atoms with van der Waals surface area (Å²) in [5.41, 5.74) is 0. The van der Waals surface area contributed by atoms with Crippen molar-refractivity contribution in [2.24, 2.45) is 0 Å². The number of alkyl halides is 12. The lowest BCUT2D eigenvalue weighted by Crippen LogP contribution is -2.65. The first-order chi connectivity index (χ1) is 10.4. The molecular weight excluding hydrogens is 384 g/mol. The molecule has 3 nitrogen and oxygen atoms in total. The van der Waals surface area contributed by atoms with Gasteiger partial charge in [0, 0.05) is 0 Å². The molecule has 0 aliphatic carbocycles. The van der Waals surface area contributed by atoms with E-state index in [4.69, 9.17) is 0 Å². The maximum absolute atomic E-state index is 12.5. The summed E-state index contributed by atoms with van der Waals surface area (Å²) in [7, 11) is 0. The summed E-state index contributed by atoms with van der Waals surface area (Å²) in [6.45, 7) is -3.72. The second-order valence-electron chi connectivity index (χ2n) is 4.46. The largest absolute Gasteiger partial charge is 0.453 e. The van der Waals surface area contributed by atoms with Crippen LogP contribution in [0.4, 0.5) is 52.7 Å². The van der Waals surface area contributed by atoms with Crippen molar-refractivity contribution >= 4 is 0 Å². The molecule has 0 N–H and O–H groups in total. The number of hydrogen-bond acceptors (Lipinski definition) is 3. The van der Waals surface area contributed by atoms with Crippen molar-refractivity contribution in [2.75, 3.05) is 13.2 Å². The zero-order chi connectivity index (χ0) is 19.2. The molecule has 0 bridgehead atoms. The SMILES string of the molecule is FC(F)(F)C(OC1COC(C(F)(F)F)(C(F)(F)F)OC1)C(F)(F)F. The van der Waals surface area contributed by atoms with Crippen molar-refractivity contribution in [3.63, 3.8) is 0 Å². The van der Waals surface area contributed by atoms with Gasteiger partial charge in [-0.3, -0.25) is 0 Å². The molecule has 0 amide bonds. The summed E-state index contributed by atoms with van der Waals surface area (Å²) in [5.74, 6) is -5.16. The topological polar surface area (TPSA) is 27.7 Å². The van der Waals surface area contributed by atoms with E-state index in [2.05, 4.69) is 14.2 Å². The third kappa shape index (κ3) is 4.17. The number of ether oxygens (including phenoxy) is 3. The van der Waals surface area contributed by atoms with Crippen LogP contribution in [0, 0.1) is 0 Å². The number of hydrogen-bond donors (Lipinski definition) is 0. The van der Waals surface area contributed by atoms with Crippen molar-refractivity contribution in [2.45, 2.75) is 42.7 Å². The average molecular weight is 390 g/mol. The average Bonchev–Trinajstić information content (AvgIpc) is 2.31. The first kappa shape index (κ1) is 21.1. The molecular formula is C9H6F12O3. The van der Waals surface area contributed by atoms with Gasteiger partial charge in [-0.2, -0.15) is 52.7 Å². The normalized spacial score (nSPS) is 21.4. The Labute approximate surface area is 124 Å². The highest BCUT2D eigenvalue weighted by Gasteiger charge is 2.76. The van der Waals surface area contributed by atoms with Crippen LogP contribution in [0.1, 0.15) is 0 Å². The molecule has 1 saturated heterocycles. The Morgan fingerprint density at radius 3 is 1.29 bits per heavy atom. The van der Waals surface area contributed by atoms with E-state index in [-0.39, 0.29) is 0 Å². The first-order valence-electron chi connectivity index (χ1n) is 5.62. The second kappa shape index (κ2) is 6.09. The van der Waals surface area contributed by atoms with Gasteiger partial charge in [0.25, 0.3) is 0 Å². The van der Waals surface area contributed by atoms with Crippen molar-refractivity contribution in [1.29, 1.82) is 0 Å². The molecule has 0 aromatic rings. The fraction of sp³-hybridized carbons (Fsp3) is 1.00. The van der Waals surface area contributed by atoms with Crippen LogP contribution in [0.15, 0.2) is 0 Å². The van der Waals surface area contributed by atoms with Crippen LogP contribution in [0.25, 0.3) is 0 Å². The minimum atomic E-state index is -6.18. The smallest absolute Gasteiger partial charge is 0.353 e. The van der Waals surface area contributed by atoms with Crippen molar-refractivity contribution < 1.29 is 66.9 Å². The van der Waals surface area contributed by atoms with Crippen LogP contribution < -0.4 is 0 Å². The summed E-state index contributed by atoms with van der Waals surface area (Å²) in [6.07, 6.45) is -31.2. The Morgan fingerprint density at radius 2 is 1.04 bits per heavy atom. The molecule has 0 spiro atoms. The fourth-order valence-corrected chi connectivity index (χ4v) is 1.61. The summed E-state index contributed by atoms with van der Waals surface area (Å²) in [6, 6.07) is 0. The lowest BCUT2D eigenvalue weighted by atomic mass is 10.2. The van der Waals surface area contributed by atoms with E-state index < -0.39 is 55.9 Å². The molecule has 0 radical (unpaired) electrons. The minimum Gasteiger partial charge on any atom is -0.353 e. The van der Waals surface area contributed by atoms with Crippen LogP contribution in [0.3, 0.4) is 0 Å². The predicted molar refractivity (Wildman–Crippen MR) is 47.5 cm³/mol. The first-order valence-corrected chi connectivity index (χ1v) is 5.62. The van der Waals surface area contributed by atoms with Crippen LogP contribution in [0.2, 0.25) is 0 Å². The van der Waals surface area contributed by atoms with Gasteiger partial charge >= 0.3 is 30.5 Å². The van der Waals surface area contributed by atoms with Crippen LogP contribution in [-0.4, -0.2) is 55.9 Å². The minimum absolute atomic E-state index is 1.86. The Balaban J connectivity index is 2.91. The van der Waals surface area contributed by atoms with Crippen molar-refractivity contribution in [3.05, 3.63) is 0 Å². The summed E-state index contributed by atoms with van der Waals surface area (Å²) in [4.78, 5) is 0. The maximum Gasteiger partial charge on any atom is 0.453 e. The lowest BCUT2D eigenvalue weighted by Gasteiger charge is -2.42. The van der Waals surface area contributed by atoms with Crippen molar-refractivity contribution in [1.82, 2.24) is 0 Å². The van der Waals surface area contributed by atoms with Crippen LogP contribution in [-0.2, 0) is 14.2 Å². The Morgan fingerprint density at radius 1 is 0.708 bits per heavy atom. The molecule has 24 heavy (non-hydrogen) atoms. The molecule has 1 heterocycles. The summed E-state index contributed by atoms with van der Waals surface area (Å²) < 4.78 is 159. The zero-order valence-corrected chi connectivity index (χ0v) is 10.8. The Bertz CT molecular complexity index is 395. The van der Waals surface area contributed by atoms with Gasteiger partial charge in [-0.1, -0.05) is 0 Å². The standard InChI is InChI=1S/C9H6F12O3/c10-5(11,12)4(6(13,14)15)24-3-1-22-7(23-2-3,8(16,17)18)9(19,20)21/h3-4H,1-2H2. The lowest BCUT2D eigenvalue weighted by molar-refractivity contribution is -0.490. The predicted octanol–water partition coefficient (Wildman–Crippen LogP) is 3.73. The molecule has 0 aromatic heterocycles. The molecule has 15 heteroatoms. The number of halogens is 12.